The van der Waals surface area contributed by atoms with E-state index in [2.05, 4.69) is 26.0 Å². The van der Waals surface area contributed by atoms with Gasteiger partial charge in [-0.2, -0.15) is 5.10 Å². The van der Waals surface area contributed by atoms with E-state index in [0.29, 0.717) is 6.54 Å². The van der Waals surface area contributed by atoms with Gasteiger partial charge >= 0.3 is 0 Å². The molecular formula is C22H22BrN5O2. The minimum atomic E-state index is -0.355. The van der Waals surface area contributed by atoms with Crippen LogP contribution in [0.25, 0.3) is 5.69 Å². The topological polar surface area (TPSA) is 71.3 Å². The van der Waals surface area contributed by atoms with Gasteiger partial charge in [-0.1, -0.05) is 24.3 Å². The van der Waals surface area contributed by atoms with Gasteiger partial charge in [0.1, 0.15) is 12.7 Å². The van der Waals surface area contributed by atoms with Crippen LogP contribution in [0.2, 0.25) is 0 Å². The summed E-state index contributed by atoms with van der Waals surface area (Å²) in [7, 11) is 1.80. The highest BCUT2D eigenvalue weighted by atomic mass is 79.9. The Bertz CT molecular complexity index is 1050. The molecule has 3 aromatic rings. The second-order valence-electron chi connectivity index (χ2n) is 7.41. The molecule has 30 heavy (non-hydrogen) atoms. The van der Waals surface area contributed by atoms with Crippen molar-refractivity contribution in [1.82, 2.24) is 19.7 Å². The fourth-order valence-electron chi connectivity index (χ4n) is 3.73. The first-order chi connectivity index (χ1) is 14.5. The van der Waals surface area contributed by atoms with Gasteiger partial charge in [0.15, 0.2) is 0 Å². The average Bonchev–Trinajstić information content (AvgIpc) is 3.43. The fourth-order valence-corrected chi connectivity index (χ4v) is 4.22. The summed E-state index contributed by atoms with van der Waals surface area (Å²) in [6, 6.07) is 15.3. The maximum absolute atomic E-state index is 13.1. The Labute approximate surface area is 183 Å². The maximum Gasteiger partial charge on any atom is 0.228 e. The molecule has 0 N–H and O–H groups in total. The van der Waals surface area contributed by atoms with Crippen molar-refractivity contribution in [1.29, 1.82) is 0 Å². The average molecular weight is 468 g/mol. The van der Waals surface area contributed by atoms with Crippen LogP contribution in [-0.4, -0.2) is 45.1 Å². The Morgan fingerprint density at radius 1 is 1.20 bits per heavy atom. The molecule has 2 atom stereocenters. The number of anilines is 1. The summed E-state index contributed by atoms with van der Waals surface area (Å²) in [5.74, 6) is -0.407. The number of hydrogen-bond donors (Lipinski definition) is 0. The van der Waals surface area contributed by atoms with Gasteiger partial charge in [0.25, 0.3) is 0 Å². The van der Waals surface area contributed by atoms with E-state index in [1.54, 1.807) is 27.9 Å². The third-order valence-electron chi connectivity index (χ3n) is 5.60. The molecule has 0 aliphatic carbocycles. The quantitative estimate of drug-likeness (QED) is 0.574. The van der Waals surface area contributed by atoms with E-state index in [1.165, 1.54) is 6.33 Å². The van der Waals surface area contributed by atoms with Gasteiger partial charge < -0.3 is 9.80 Å². The lowest BCUT2D eigenvalue weighted by Crippen LogP contribution is -2.36. The SMILES string of the molecule is CC(c1ccc(-n2cncn2)cc1)N(C)C(=O)C1CC(=O)N(c2ccccc2Br)C1. The normalized spacial score (nSPS) is 17.2. The molecule has 154 valence electrons. The first-order valence-corrected chi connectivity index (χ1v) is 10.5. The van der Waals surface area contributed by atoms with E-state index in [4.69, 9.17) is 0 Å². The number of nitrogens with zero attached hydrogens (tertiary/aromatic N) is 5. The Morgan fingerprint density at radius 3 is 2.60 bits per heavy atom. The summed E-state index contributed by atoms with van der Waals surface area (Å²) in [4.78, 5) is 33.1. The molecule has 2 heterocycles. The van der Waals surface area contributed by atoms with E-state index in [0.717, 1.165) is 21.4 Å². The van der Waals surface area contributed by atoms with Gasteiger partial charge in [0, 0.05) is 24.5 Å². The minimum absolute atomic E-state index is 0.0224. The minimum Gasteiger partial charge on any atom is -0.339 e. The van der Waals surface area contributed by atoms with Crippen molar-refractivity contribution >= 4 is 33.4 Å². The van der Waals surface area contributed by atoms with Crippen LogP contribution in [0.1, 0.15) is 24.9 Å². The van der Waals surface area contributed by atoms with E-state index in [9.17, 15) is 9.59 Å². The van der Waals surface area contributed by atoms with Crippen LogP contribution in [0.4, 0.5) is 5.69 Å². The zero-order valence-corrected chi connectivity index (χ0v) is 18.4. The van der Waals surface area contributed by atoms with Gasteiger partial charge in [-0.15, -0.1) is 0 Å². The van der Waals surface area contributed by atoms with E-state index >= 15 is 0 Å². The van der Waals surface area contributed by atoms with Crippen LogP contribution in [-0.2, 0) is 9.59 Å². The van der Waals surface area contributed by atoms with Crippen LogP contribution in [0.15, 0.2) is 65.7 Å². The van der Waals surface area contributed by atoms with E-state index < -0.39 is 0 Å². The molecule has 0 spiro atoms. The molecule has 1 saturated heterocycles. The number of rotatable bonds is 5. The predicted molar refractivity (Wildman–Crippen MR) is 117 cm³/mol. The fraction of sp³-hybridized carbons (Fsp3) is 0.273. The van der Waals surface area contributed by atoms with Crippen molar-refractivity contribution in [2.75, 3.05) is 18.5 Å². The molecule has 1 aromatic heterocycles. The molecular weight excluding hydrogens is 446 g/mol. The van der Waals surface area contributed by atoms with Crippen molar-refractivity contribution in [3.63, 3.8) is 0 Å². The molecule has 7 nitrogen and oxygen atoms in total. The highest BCUT2D eigenvalue weighted by molar-refractivity contribution is 9.10. The van der Waals surface area contributed by atoms with Crippen molar-refractivity contribution in [2.24, 2.45) is 5.92 Å². The monoisotopic (exact) mass is 467 g/mol. The summed E-state index contributed by atoms with van der Waals surface area (Å²) < 4.78 is 2.53. The third-order valence-corrected chi connectivity index (χ3v) is 6.28. The molecule has 1 fully saturated rings. The molecule has 4 rings (SSSR count). The lowest BCUT2D eigenvalue weighted by Gasteiger charge is -2.28. The van der Waals surface area contributed by atoms with Crippen LogP contribution in [0.3, 0.4) is 0 Å². The van der Waals surface area contributed by atoms with Crippen LogP contribution >= 0.6 is 15.9 Å². The van der Waals surface area contributed by atoms with Crippen molar-refractivity contribution < 1.29 is 9.59 Å². The van der Waals surface area contributed by atoms with Crippen LogP contribution in [0, 0.1) is 5.92 Å². The molecule has 2 amide bonds. The van der Waals surface area contributed by atoms with Crippen molar-refractivity contribution in [3.05, 3.63) is 71.2 Å². The molecule has 1 aliphatic rings. The van der Waals surface area contributed by atoms with Gasteiger partial charge in [0.05, 0.1) is 23.3 Å². The molecule has 8 heteroatoms. The molecule has 0 bridgehead atoms. The van der Waals surface area contributed by atoms with Gasteiger partial charge in [0.2, 0.25) is 11.8 Å². The molecule has 1 aliphatic heterocycles. The molecule has 2 aromatic carbocycles. The second kappa shape index (κ2) is 8.39. The molecule has 0 radical (unpaired) electrons. The Kier molecular flexibility index (Phi) is 5.67. The number of carbonyl (C=O) groups excluding carboxylic acids is 2. The number of para-hydroxylation sites is 1. The zero-order chi connectivity index (χ0) is 21.3. The largest absolute Gasteiger partial charge is 0.339 e. The predicted octanol–water partition coefficient (Wildman–Crippen LogP) is 3.60. The Balaban J connectivity index is 1.45. The highest BCUT2D eigenvalue weighted by Gasteiger charge is 2.38. The number of benzene rings is 2. The van der Waals surface area contributed by atoms with Gasteiger partial charge in [-0.05, 0) is 52.7 Å². The maximum atomic E-state index is 13.1. The first kappa shape index (κ1) is 20.3. The lowest BCUT2D eigenvalue weighted by atomic mass is 10.0. The van der Waals surface area contributed by atoms with Gasteiger partial charge in [-0.25, -0.2) is 9.67 Å². The molecule has 2 unspecified atom stereocenters. The van der Waals surface area contributed by atoms with Crippen molar-refractivity contribution in [3.8, 4) is 5.69 Å². The number of amides is 2. The zero-order valence-electron chi connectivity index (χ0n) is 16.8. The Hall–Kier alpha value is -3.00. The summed E-state index contributed by atoms with van der Waals surface area (Å²) in [5.41, 5.74) is 2.72. The summed E-state index contributed by atoms with van der Waals surface area (Å²) >= 11 is 3.49. The first-order valence-electron chi connectivity index (χ1n) is 9.72. The summed E-state index contributed by atoms with van der Waals surface area (Å²) in [6.45, 7) is 2.38. The summed E-state index contributed by atoms with van der Waals surface area (Å²) in [6.07, 6.45) is 3.35. The molecule has 0 saturated carbocycles. The summed E-state index contributed by atoms with van der Waals surface area (Å²) in [5, 5.41) is 4.12. The van der Waals surface area contributed by atoms with Gasteiger partial charge in [-0.3, -0.25) is 9.59 Å². The van der Waals surface area contributed by atoms with E-state index in [-0.39, 0.29) is 30.2 Å². The van der Waals surface area contributed by atoms with Crippen molar-refractivity contribution in [2.45, 2.75) is 19.4 Å². The highest BCUT2D eigenvalue weighted by Crippen LogP contribution is 2.33. The number of hydrogen-bond acceptors (Lipinski definition) is 4. The van der Waals surface area contributed by atoms with Crippen LogP contribution in [0.5, 0.6) is 0 Å². The third kappa shape index (κ3) is 3.87. The van der Waals surface area contributed by atoms with E-state index in [1.807, 2.05) is 55.5 Å². The lowest BCUT2D eigenvalue weighted by molar-refractivity contribution is -0.136. The van der Waals surface area contributed by atoms with Crippen LogP contribution < -0.4 is 4.90 Å². The second-order valence-corrected chi connectivity index (χ2v) is 8.27. The number of carbonyl (C=O) groups is 2. The number of aromatic nitrogens is 3. The number of halogens is 1. The Morgan fingerprint density at radius 2 is 1.93 bits per heavy atom. The smallest absolute Gasteiger partial charge is 0.228 e. The standard InChI is InChI=1S/C22H22BrN5O2/c1-15(16-7-9-18(10-8-16)28-14-24-13-25-28)26(2)22(30)17-11-21(29)27(12-17)20-6-4-3-5-19(20)23/h3-10,13-15,17H,11-12H2,1-2H3.